The largest absolute Gasteiger partial charge is 0.364 e. The number of rotatable bonds is 3. The predicted molar refractivity (Wildman–Crippen MR) is 64.9 cm³/mol. The summed E-state index contributed by atoms with van der Waals surface area (Å²) in [6.07, 6.45) is 3.13. The number of hydrogen-bond acceptors (Lipinski definition) is 6. The summed E-state index contributed by atoms with van der Waals surface area (Å²) in [6.45, 7) is 2.49. The molecule has 0 radical (unpaired) electrons. The second-order valence-electron chi connectivity index (χ2n) is 3.82. The van der Waals surface area contributed by atoms with Crippen molar-refractivity contribution in [1.29, 1.82) is 0 Å². The molecule has 7 heteroatoms. The van der Waals surface area contributed by atoms with E-state index in [0.29, 0.717) is 12.3 Å². The van der Waals surface area contributed by atoms with Crippen LogP contribution >= 0.6 is 0 Å². The highest BCUT2D eigenvalue weighted by Gasteiger charge is 2.05. The Balaban J connectivity index is 1.88. The Morgan fingerprint density at radius 3 is 3.17 bits per heavy atom. The van der Waals surface area contributed by atoms with Gasteiger partial charge in [-0.1, -0.05) is 0 Å². The van der Waals surface area contributed by atoms with Gasteiger partial charge < -0.3 is 5.32 Å². The van der Waals surface area contributed by atoms with Crippen LogP contribution < -0.4 is 5.32 Å². The van der Waals surface area contributed by atoms with Crippen LogP contribution in [0.3, 0.4) is 0 Å². The van der Waals surface area contributed by atoms with Crippen molar-refractivity contribution < 1.29 is 0 Å². The lowest BCUT2D eigenvalue weighted by Crippen LogP contribution is -2.08. The van der Waals surface area contributed by atoms with Gasteiger partial charge in [0.2, 0.25) is 0 Å². The Labute approximate surface area is 103 Å². The SMILES string of the molecule is Cc1cc(NCc2cccnn2)n2ncnc2n1. The highest BCUT2D eigenvalue weighted by molar-refractivity contribution is 5.44. The maximum atomic E-state index is 4.27. The van der Waals surface area contributed by atoms with Crippen LogP contribution in [0, 0.1) is 6.92 Å². The number of hydrogen-bond donors (Lipinski definition) is 1. The van der Waals surface area contributed by atoms with Crippen LogP contribution in [0.2, 0.25) is 0 Å². The molecule has 18 heavy (non-hydrogen) atoms. The molecule has 0 amide bonds. The van der Waals surface area contributed by atoms with Gasteiger partial charge in [-0.3, -0.25) is 0 Å². The quantitative estimate of drug-likeness (QED) is 0.731. The van der Waals surface area contributed by atoms with Gasteiger partial charge >= 0.3 is 0 Å². The van der Waals surface area contributed by atoms with Gasteiger partial charge in [-0.25, -0.2) is 4.98 Å². The molecule has 0 aromatic carbocycles. The Bertz CT molecular complexity index is 661. The van der Waals surface area contributed by atoms with Gasteiger partial charge in [0, 0.05) is 18.0 Å². The average Bonchev–Trinajstić information content (AvgIpc) is 2.85. The highest BCUT2D eigenvalue weighted by atomic mass is 15.4. The van der Waals surface area contributed by atoms with Crippen molar-refractivity contribution in [3.8, 4) is 0 Å². The molecule has 0 bridgehead atoms. The first-order valence-corrected chi connectivity index (χ1v) is 5.51. The summed E-state index contributed by atoms with van der Waals surface area (Å²) in [7, 11) is 0. The summed E-state index contributed by atoms with van der Waals surface area (Å²) in [5.74, 6) is 1.41. The first kappa shape index (κ1) is 10.6. The Hall–Kier alpha value is -2.57. The first-order chi connectivity index (χ1) is 8.83. The van der Waals surface area contributed by atoms with Gasteiger partial charge in [-0.05, 0) is 19.1 Å². The molecule has 0 aliphatic heterocycles. The van der Waals surface area contributed by atoms with E-state index in [9.17, 15) is 0 Å². The molecule has 3 rings (SSSR count). The summed E-state index contributed by atoms with van der Waals surface area (Å²) in [5, 5.41) is 15.2. The fourth-order valence-electron chi connectivity index (χ4n) is 1.67. The molecule has 0 unspecified atom stereocenters. The molecule has 3 heterocycles. The second-order valence-corrected chi connectivity index (χ2v) is 3.82. The summed E-state index contributed by atoms with van der Waals surface area (Å²) >= 11 is 0. The molecular weight excluding hydrogens is 230 g/mol. The molecule has 0 aliphatic rings. The lowest BCUT2D eigenvalue weighted by Gasteiger charge is -2.07. The molecule has 0 saturated heterocycles. The van der Waals surface area contributed by atoms with E-state index in [2.05, 4.69) is 30.6 Å². The molecule has 3 aromatic heterocycles. The van der Waals surface area contributed by atoms with E-state index in [0.717, 1.165) is 17.2 Å². The number of nitrogens with one attached hydrogen (secondary N) is 1. The molecule has 1 N–H and O–H groups in total. The fraction of sp³-hybridized carbons (Fsp3) is 0.182. The molecule has 0 saturated carbocycles. The van der Waals surface area contributed by atoms with E-state index in [-0.39, 0.29) is 0 Å². The van der Waals surface area contributed by atoms with E-state index in [1.807, 2.05) is 25.1 Å². The number of aromatic nitrogens is 6. The third-order valence-corrected chi connectivity index (χ3v) is 2.46. The Kier molecular flexibility index (Phi) is 2.56. The van der Waals surface area contributed by atoms with Gasteiger partial charge in [0.1, 0.15) is 12.1 Å². The van der Waals surface area contributed by atoms with Crippen molar-refractivity contribution in [3.05, 3.63) is 42.1 Å². The summed E-state index contributed by atoms with van der Waals surface area (Å²) in [4.78, 5) is 8.34. The zero-order valence-electron chi connectivity index (χ0n) is 9.78. The summed E-state index contributed by atoms with van der Waals surface area (Å²) < 4.78 is 1.66. The third kappa shape index (κ3) is 1.97. The van der Waals surface area contributed by atoms with Crippen molar-refractivity contribution in [2.24, 2.45) is 0 Å². The average molecular weight is 241 g/mol. The van der Waals surface area contributed by atoms with E-state index in [4.69, 9.17) is 0 Å². The van der Waals surface area contributed by atoms with Crippen LogP contribution in [-0.4, -0.2) is 29.8 Å². The van der Waals surface area contributed by atoms with Crippen molar-refractivity contribution in [1.82, 2.24) is 29.8 Å². The van der Waals surface area contributed by atoms with Crippen LogP contribution in [0.25, 0.3) is 5.78 Å². The van der Waals surface area contributed by atoms with E-state index < -0.39 is 0 Å². The standard InChI is InChI=1S/C11H11N7/c1-8-5-10(18-11(16-8)13-7-15-18)12-6-9-3-2-4-14-17-9/h2-5,7,12H,6H2,1H3. The summed E-state index contributed by atoms with van der Waals surface area (Å²) in [6, 6.07) is 5.68. The van der Waals surface area contributed by atoms with Gasteiger partial charge in [0.15, 0.2) is 0 Å². The minimum absolute atomic E-state index is 0.576. The highest BCUT2D eigenvalue weighted by Crippen LogP contribution is 2.10. The number of nitrogens with zero attached hydrogens (tertiary/aromatic N) is 6. The van der Waals surface area contributed by atoms with Gasteiger partial charge in [-0.2, -0.15) is 24.8 Å². The van der Waals surface area contributed by atoms with E-state index in [1.54, 1.807) is 10.7 Å². The Morgan fingerprint density at radius 2 is 2.33 bits per heavy atom. The lowest BCUT2D eigenvalue weighted by atomic mass is 10.3. The molecule has 3 aromatic rings. The zero-order chi connectivity index (χ0) is 12.4. The molecule has 0 aliphatic carbocycles. The molecule has 0 spiro atoms. The van der Waals surface area contributed by atoms with Gasteiger partial charge in [0.05, 0.1) is 12.2 Å². The van der Waals surface area contributed by atoms with Crippen molar-refractivity contribution >= 4 is 11.6 Å². The molecular formula is C11H11N7. The minimum atomic E-state index is 0.576. The van der Waals surface area contributed by atoms with Crippen molar-refractivity contribution in [3.63, 3.8) is 0 Å². The molecule has 0 fully saturated rings. The maximum absolute atomic E-state index is 4.27. The first-order valence-electron chi connectivity index (χ1n) is 5.51. The lowest BCUT2D eigenvalue weighted by molar-refractivity contribution is 0.885. The molecule has 90 valence electrons. The van der Waals surface area contributed by atoms with E-state index in [1.165, 1.54) is 6.33 Å². The van der Waals surface area contributed by atoms with Crippen LogP contribution in [0.4, 0.5) is 5.82 Å². The minimum Gasteiger partial charge on any atom is -0.364 e. The zero-order valence-corrected chi connectivity index (χ0v) is 9.78. The van der Waals surface area contributed by atoms with Gasteiger partial charge in [0.25, 0.3) is 5.78 Å². The monoisotopic (exact) mass is 241 g/mol. The van der Waals surface area contributed by atoms with Gasteiger partial charge in [-0.15, -0.1) is 0 Å². The number of fused-ring (bicyclic) bond motifs is 1. The Morgan fingerprint density at radius 1 is 1.39 bits per heavy atom. The van der Waals surface area contributed by atoms with E-state index >= 15 is 0 Å². The second kappa shape index (κ2) is 4.36. The normalized spacial score (nSPS) is 10.7. The van der Waals surface area contributed by atoms with Crippen LogP contribution in [-0.2, 0) is 6.54 Å². The third-order valence-electron chi connectivity index (χ3n) is 2.46. The molecule has 7 nitrogen and oxygen atoms in total. The number of anilines is 1. The predicted octanol–water partition coefficient (Wildman–Crippen LogP) is 0.835. The smallest absolute Gasteiger partial charge is 0.254 e. The van der Waals surface area contributed by atoms with Crippen molar-refractivity contribution in [2.45, 2.75) is 13.5 Å². The number of aryl methyl sites for hydroxylation is 1. The molecule has 0 atom stereocenters. The summed E-state index contributed by atoms with van der Waals surface area (Å²) in [5.41, 5.74) is 1.75. The van der Waals surface area contributed by atoms with Crippen molar-refractivity contribution in [2.75, 3.05) is 5.32 Å². The topological polar surface area (TPSA) is 80.9 Å². The van der Waals surface area contributed by atoms with Crippen LogP contribution in [0.5, 0.6) is 0 Å². The fourth-order valence-corrected chi connectivity index (χ4v) is 1.67. The van der Waals surface area contributed by atoms with Crippen LogP contribution in [0.1, 0.15) is 11.4 Å². The maximum Gasteiger partial charge on any atom is 0.254 e. The van der Waals surface area contributed by atoms with Crippen LogP contribution in [0.15, 0.2) is 30.7 Å².